The lowest BCUT2D eigenvalue weighted by atomic mass is 10.2. The lowest BCUT2D eigenvalue weighted by Gasteiger charge is -2.34. The van der Waals surface area contributed by atoms with Gasteiger partial charge < -0.3 is 9.64 Å². The van der Waals surface area contributed by atoms with E-state index in [1.807, 2.05) is 24.3 Å². The van der Waals surface area contributed by atoms with Gasteiger partial charge >= 0.3 is 0 Å². The van der Waals surface area contributed by atoms with Gasteiger partial charge in [-0.2, -0.15) is 0 Å². The van der Waals surface area contributed by atoms with Gasteiger partial charge in [-0.05, 0) is 35.4 Å². The van der Waals surface area contributed by atoms with Gasteiger partial charge in [0.25, 0.3) is 5.91 Å². The average molecular weight is 398 g/mol. The molecule has 2 aromatic carbocycles. The normalized spacial score (nSPS) is 18.5. The summed E-state index contributed by atoms with van der Waals surface area (Å²) in [5, 5.41) is 0. The molecule has 2 aliphatic heterocycles. The van der Waals surface area contributed by atoms with Crippen LogP contribution < -0.4 is 4.74 Å². The van der Waals surface area contributed by atoms with Crippen molar-refractivity contribution in [2.45, 2.75) is 11.4 Å². The molecule has 7 heteroatoms. The summed E-state index contributed by atoms with van der Waals surface area (Å²) < 4.78 is 30.6. The number of piperazine rings is 1. The maximum absolute atomic E-state index is 12.9. The molecule has 0 N–H and O–H groups in total. The summed E-state index contributed by atoms with van der Waals surface area (Å²) in [6, 6.07) is 14.7. The van der Waals surface area contributed by atoms with Crippen molar-refractivity contribution in [3.63, 3.8) is 0 Å². The summed E-state index contributed by atoms with van der Waals surface area (Å²) in [5.74, 6) is 0.423. The Morgan fingerprint density at radius 3 is 2.32 bits per heavy atom. The Balaban J connectivity index is 1.39. The molecule has 0 saturated carbocycles. The minimum absolute atomic E-state index is 0.114. The largest absolute Gasteiger partial charge is 0.497 e. The minimum atomic E-state index is -3.72. The summed E-state index contributed by atoms with van der Waals surface area (Å²) in [6.45, 7) is 3.23. The first-order valence-corrected chi connectivity index (χ1v) is 10.7. The molecule has 1 saturated heterocycles. The number of sulfone groups is 1. The molecule has 0 bridgehead atoms. The highest BCUT2D eigenvalue weighted by Gasteiger charge is 2.37. The van der Waals surface area contributed by atoms with E-state index >= 15 is 0 Å². The highest BCUT2D eigenvalue weighted by molar-refractivity contribution is 7.96. The van der Waals surface area contributed by atoms with Crippen molar-refractivity contribution in [1.82, 2.24) is 9.80 Å². The SMILES string of the molecule is COc1ccc(CN2CCN(C(=O)C3=Cc4ccccc4S3(=O)=O)CC2)cc1. The second kappa shape index (κ2) is 7.41. The van der Waals surface area contributed by atoms with Gasteiger partial charge in [0, 0.05) is 32.7 Å². The lowest BCUT2D eigenvalue weighted by Crippen LogP contribution is -2.49. The van der Waals surface area contributed by atoms with E-state index in [-0.39, 0.29) is 9.80 Å². The van der Waals surface area contributed by atoms with E-state index in [0.717, 1.165) is 12.3 Å². The van der Waals surface area contributed by atoms with E-state index in [0.29, 0.717) is 31.7 Å². The van der Waals surface area contributed by atoms with E-state index in [4.69, 9.17) is 4.74 Å². The van der Waals surface area contributed by atoms with Crippen molar-refractivity contribution in [3.05, 3.63) is 64.6 Å². The van der Waals surface area contributed by atoms with Gasteiger partial charge in [0.1, 0.15) is 10.7 Å². The van der Waals surface area contributed by atoms with Crippen molar-refractivity contribution < 1.29 is 17.9 Å². The third-order valence-corrected chi connectivity index (χ3v) is 7.04. The van der Waals surface area contributed by atoms with Gasteiger partial charge in [0.2, 0.25) is 9.84 Å². The topological polar surface area (TPSA) is 66.9 Å². The Morgan fingerprint density at radius 2 is 1.68 bits per heavy atom. The fourth-order valence-electron chi connectivity index (χ4n) is 3.61. The summed E-state index contributed by atoms with van der Waals surface area (Å²) in [6.07, 6.45) is 1.50. The predicted molar refractivity (Wildman–Crippen MR) is 106 cm³/mol. The number of fused-ring (bicyclic) bond motifs is 1. The molecule has 0 spiro atoms. The van der Waals surface area contributed by atoms with Crippen LogP contribution in [0.4, 0.5) is 0 Å². The Labute approximate surface area is 164 Å². The van der Waals surface area contributed by atoms with Crippen LogP contribution in [0.15, 0.2) is 58.3 Å². The number of rotatable bonds is 4. The van der Waals surface area contributed by atoms with E-state index in [1.165, 1.54) is 11.6 Å². The number of carbonyl (C=O) groups excluding carboxylic acids is 1. The fourth-order valence-corrected chi connectivity index (χ4v) is 5.19. The fraction of sp³-hybridized carbons (Fsp3) is 0.286. The molecule has 0 aliphatic carbocycles. The molecule has 0 radical (unpaired) electrons. The van der Waals surface area contributed by atoms with Crippen LogP contribution in [0.2, 0.25) is 0 Å². The zero-order chi connectivity index (χ0) is 19.7. The number of ether oxygens (including phenoxy) is 1. The molecule has 1 fully saturated rings. The summed E-state index contributed by atoms with van der Waals surface area (Å²) in [7, 11) is -2.08. The van der Waals surface area contributed by atoms with Crippen molar-refractivity contribution in [2.75, 3.05) is 33.3 Å². The zero-order valence-electron chi connectivity index (χ0n) is 15.7. The number of hydrogen-bond acceptors (Lipinski definition) is 5. The molecule has 1 amide bonds. The standard InChI is InChI=1S/C21H22N2O4S/c1-27-18-8-6-16(7-9-18)15-22-10-12-23(13-11-22)21(24)20-14-17-4-2-3-5-19(17)28(20,25)26/h2-9,14H,10-13,15H2,1H3. The number of carbonyl (C=O) groups is 1. The highest BCUT2D eigenvalue weighted by atomic mass is 32.2. The molecule has 146 valence electrons. The molecule has 2 aliphatic rings. The van der Waals surface area contributed by atoms with Crippen molar-refractivity contribution >= 4 is 21.8 Å². The Bertz CT molecular complexity index is 1020. The molecule has 6 nitrogen and oxygen atoms in total. The van der Waals surface area contributed by atoms with Crippen LogP contribution in [-0.2, 0) is 21.2 Å². The Kier molecular flexibility index (Phi) is 4.95. The van der Waals surface area contributed by atoms with Crippen LogP contribution in [0.3, 0.4) is 0 Å². The Hall–Kier alpha value is -2.64. The first-order valence-electron chi connectivity index (χ1n) is 9.19. The van der Waals surface area contributed by atoms with Crippen LogP contribution in [-0.4, -0.2) is 57.4 Å². The third-order valence-electron chi connectivity index (χ3n) is 5.22. The summed E-state index contributed by atoms with van der Waals surface area (Å²) in [4.78, 5) is 16.9. The Morgan fingerprint density at radius 1 is 1.00 bits per heavy atom. The molecular formula is C21H22N2O4S. The van der Waals surface area contributed by atoms with Crippen LogP contribution in [0.25, 0.3) is 6.08 Å². The number of hydrogen-bond donors (Lipinski definition) is 0. The van der Waals surface area contributed by atoms with E-state index in [9.17, 15) is 13.2 Å². The molecule has 4 rings (SSSR count). The van der Waals surface area contributed by atoms with Crippen molar-refractivity contribution in [2.24, 2.45) is 0 Å². The van der Waals surface area contributed by atoms with Crippen LogP contribution in [0, 0.1) is 0 Å². The van der Waals surface area contributed by atoms with Crippen LogP contribution in [0.5, 0.6) is 5.75 Å². The van der Waals surface area contributed by atoms with E-state index in [1.54, 1.807) is 36.3 Å². The van der Waals surface area contributed by atoms with Gasteiger partial charge in [-0.3, -0.25) is 9.69 Å². The van der Waals surface area contributed by atoms with Gasteiger partial charge in [0.15, 0.2) is 0 Å². The van der Waals surface area contributed by atoms with Crippen LogP contribution in [0.1, 0.15) is 11.1 Å². The molecule has 0 unspecified atom stereocenters. The van der Waals surface area contributed by atoms with Crippen LogP contribution >= 0.6 is 0 Å². The summed E-state index contributed by atoms with van der Waals surface area (Å²) in [5.41, 5.74) is 1.76. The number of nitrogens with zero attached hydrogens (tertiary/aromatic N) is 2. The highest BCUT2D eigenvalue weighted by Crippen LogP contribution is 2.33. The maximum atomic E-state index is 12.9. The molecule has 2 heterocycles. The monoisotopic (exact) mass is 398 g/mol. The second-order valence-electron chi connectivity index (χ2n) is 6.97. The van der Waals surface area contributed by atoms with Gasteiger partial charge in [-0.15, -0.1) is 0 Å². The smallest absolute Gasteiger partial charge is 0.265 e. The molecule has 2 aromatic rings. The van der Waals surface area contributed by atoms with Crippen molar-refractivity contribution in [1.29, 1.82) is 0 Å². The maximum Gasteiger partial charge on any atom is 0.265 e. The molecular weight excluding hydrogens is 376 g/mol. The van der Waals surface area contributed by atoms with Gasteiger partial charge in [0.05, 0.1) is 12.0 Å². The molecule has 0 atom stereocenters. The first kappa shape index (κ1) is 18.7. The number of benzene rings is 2. The third kappa shape index (κ3) is 3.43. The first-order chi connectivity index (χ1) is 13.5. The van der Waals surface area contributed by atoms with Gasteiger partial charge in [-0.25, -0.2) is 8.42 Å². The second-order valence-corrected chi connectivity index (χ2v) is 8.85. The minimum Gasteiger partial charge on any atom is -0.497 e. The molecule has 0 aromatic heterocycles. The number of amides is 1. The van der Waals surface area contributed by atoms with Crippen molar-refractivity contribution in [3.8, 4) is 5.75 Å². The average Bonchev–Trinajstić information content (AvgIpc) is 3.00. The molecule has 28 heavy (non-hydrogen) atoms. The zero-order valence-corrected chi connectivity index (χ0v) is 16.5. The quantitative estimate of drug-likeness (QED) is 0.790. The lowest BCUT2D eigenvalue weighted by molar-refractivity contribution is -0.128. The predicted octanol–water partition coefficient (Wildman–Crippen LogP) is 2.17. The van der Waals surface area contributed by atoms with Gasteiger partial charge in [-0.1, -0.05) is 30.3 Å². The van der Waals surface area contributed by atoms with E-state index < -0.39 is 15.7 Å². The number of methoxy groups -OCH3 is 1. The van der Waals surface area contributed by atoms with E-state index in [2.05, 4.69) is 4.90 Å². The summed E-state index contributed by atoms with van der Waals surface area (Å²) >= 11 is 0.